The Balaban J connectivity index is 1.35. The molecule has 6 N–H and O–H groups in total. The molecule has 0 aliphatic carbocycles. The Morgan fingerprint density at radius 1 is 1.39 bits per heavy atom. The van der Waals surface area contributed by atoms with Gasteiger partial charge in [-0.3, -0.25) is 19.6 Å². The predicted octanol–water partition coefficient (Wildman–Crippen LogP) is -0.955. The maximum absolute atomic E-state index is 13.1. The molecule has 0 saturated carbocycles. The van der Waals surface area contributed by atoms with Gasteiger partial charge in [0.2, 0.25) is 0 Å². The molecule has 0 bridgehead atoms. The Kier molecular flexibility index (Phi) is 6.77. The fourth-order valence-corrected chi connectivity index (χ4v) is 6.25. The Morgan fingerprint density at radius 2 is 2.21 bits per heavy atom. The van der Waals surface area contributed by atoms with Crippen molar-refractivity contribution in [2.24, 2.45) is 5.16 Å². The number of oxime groups is 1. The summed E-state index contributed by atoms with van der Waals surface area (Å²) in [5.74, 6) is -1.99. The number of β-lactam (4-membered cyclic amide) rings is 1. The highest BCUT2D eigenvalue weighted by molar-refractivity contribution is 8.00. The first-order chi connectivity index (χ1) is 18.3. The van der Waals surface area contributed by atoms with Gasteiger partial charge >= 0.3 is 0 Å². The Bertz CT molecular complexity index is 1500. The standard InChI is InChI=1S/C23H22N8O5S2/c1-36-29-17(12-5-16(25)37-9-12)20(32)26-18-21(33)31-19(23(34)35)13(10-38-22(18)31)8-30-4-2-3-11(7-30)14-6-15(24)28-27-14/h2-7,9,18,22H,8,10,25H2,1H3,(H4-,24,26,27,28,29,32,34,35). The zero-order chi connectivity index (χ0) is 27.0. The minimum Gasteiger partial charge on any atom is -0.543 e. The molecule has 2 atom stereocenters. The summed E-state index contributed by atoms with van der Waals surface area (Å²) < 4.78 is 1.80. The molecule has 3 aromatic rings. The molecular formula is C23H22N8O5S2. The minimum atomic E-state index is -1.46. The van der Waals surface area contributed by atoms with Crippen molar-refractivity contribution in [3.63, 3.8) is 0 Å². The van der Waals surface area contributed by atoms with Crippen molar-refractivity contribution in [2.75, 3.05) is 24.3 Å². The third-order valence-corrected chi connectivity index (χ3v) is 8.06. The van der Waals surface area contributed by atoms with Gasteiger partial charge in [-0.2, -0.15) is 5.10 Å². The summed E-state index contributed by atoms with van der Waals surface area (Å²) in [6, 6.07) is 5.99. The van der Waals surface area contributed by atoms with Gasteiger partial charge in [-0.05, 0) is 12.1 Å². The number of nitrogen functional groups attached to an aromatic ring is 2. The predicted molar refractivity (Wildman–Crippen MR) is 138 cm³/mol. The van der Waals surface area contributed by atoms with Crippen molar-refractivity contribution in [1.29, 1.82) is 0 Å². The summed E-state index contributed by atoms with van der Waals surface area (Å²) in [7, 11) is 1.30. The number of aliphatic carboxylic acids is 1. The van der Waals surface area contributed by atoms with E-state index in [-0.39, 0.29) is 18.0 Å². The van der Waals surface area contributed by atoms with Crippen LogP contribution in [0.5, 0.6) is 0 Å². The number of hydrogen-bond donors (Lipinski definition) is 4. The lowest BCUT2D eigenvalue weighted by atomic mass is 10.0. The summed E-state index contributed by atoms with van der Waals surface area (Å²) in [5, 5.41) is 26.9. The lowest BCUT2D eigenvalue weighted by Gasteiger charge is -2.50. The number of aromatic nitrogens is 3. The summed E-state index contributed by atoms with van der Waals surface area (Å²) in [5.41, 5.74) is 13.7. The smallest absolute Gasteiger partial charge is 0.274 e. The molecule has 0 radical (unpaired) electrons. The summed E-state index contributed by atoms with van der Waals surface area (Å²) in [6.07, 6.45) is 3.60. The molecule has 5 heterocycles. The third kappa shape index (κ3) is 4.68. The number of nitrogens with two attached hydrogens (primary N) is 2. The van der Waals surface area contributed by atoms with E-state index in [2.05, 4.69) is 20.7 Å². The molecule has 2 amide bonds. The molecule has 5 rings (SSSR count). The van der Waals surface area contributed by atoms with E-state index >= 15 is 0 Å². The number of carbonyl (C=O) groups excluding carboxylic acids is 3. The molecule has 38 heavy (non-hydrogen) atoms. The van der Waals surface area contributed by atoms with Crippen LogP contribution in [-0.4, -0.2) is 62.9 Å². The number of carbonyl (C=O) groups is 3. The van der Waals surface area contributed by atoms with E-state index in [9.17, 15) is 19.5 Å². The van der Waals surface area contributed by atoms with Crippen molar-refractivity contribution in [2.45, 2.75) is 18.0 Å². The quantitative estimate of drug-likeness (QED) is 0.117. The average Bonchev–Trinajstić information content (AvgIpc) is 3.53. The molecule has 2 aliphatic rings. The average molecular weight is 555 g/mol. The number of carboxylic acid groups (broad SMARTS) is 1. The second-order valence-corrected chi connectivity index (χ2v) is 10.5. The van der Waals surface area contributed by atoms with E-state index in [4.69, 9.17) is 16.3 Å². The number of carboxylic acids is 1. The first-order valence-corrected chi connectivity index (χ1v) is 13.1. The maximum atomic E-state index is 13.1. The van der Waals surface area contributed by atoms with Crippen LogP contribution in [0.4, 0.5) is 10.8 Å². The zero-order valence-electron chi connectivity index (χ0n) is 19.9. The minimum absolute atomic E-state index is 0.0424. The molecule has 2 unspecified atom stereocenters. The Hall–Kier alpha value is -4.37. The number of pyridine rings is 1. The number of anilines is 2. The Morgan fingerprint density at radius 3 is 2.87 bits per heavy atom. The van der Waals surface area contributed by atoms with E-state index in [0.717, 1.165) is 5.56 Å². The van der Waals surface area contributed by atoms with Gasteiger partial charge in [0.25, 0.3) is 11.8 Å². The van der Waals surface area contributed by atoms with E-state index < -0.39 is 29.2 Å². The van der Waals surface area contributed by atoms with Gasteiger partial charge in [-0.15, -0.1) is 23.1 Å². The van der Waals surface area contributed by atoms with Crippen LogP contribution in [-0.2, 0) is 25.8 Å². The topological polar surface area (TPSA) is 196 Å². The van der Waals surface area contributed by atoms with Crippen LogP contribution in [0.1, 0.15) is 5.56 Å². The van der Waals surface area contributed by atoms with Gasteiger partial charge in [0.05, 0.1) is 27.9 Å². The fraction of sp³-hybridized carbons (Fsp3) is 0.217. The molecule has 0 aromatic carbocycles. The van der Waals surface area contributed by atoms with Gasteiger partial charge in [-0.1, -0.05) is 5.16 Å². The van der Waals surface area contributed by atoms with Crippen LogP contribution in [0, 0.1) is 0 Å². The number of nitrogens with one attached hydrogen (secondary N) is 2. The van der Waals surface area contributed by atoms with Crippen LogP contribution in [0.2, 0.25) is 0 Å². The molecular weight excluding hydrogens is 532 g/mol. The maximum Gasteiger partial charge on any atom is 0.274 e. The molecule has 13 nitrogen and oxygen atoms in total. The van der Waals surface area contributed by atoms with Crippen LogP contribution in [0.3, 0.4) is 0 Å². The summed E-state index contributed by atoms with van der Waals surface area (Å²) in [6.45, 7) is 0.214. The summed E-state index contributed by atoms with van der Waals surface area (Å²) >= 11 is 2.58. The van der Waals surface area contributed by atoms with Crippen molar-refractivity contribution in [3.8, 4) is 11.3 Å². The van der Waals surface area contributed by atoms with Gasteiger partial charge in [0.1, 0.15) is 24.3 Å². The Labute approximate surface area is 224 Å². The summed E-state index contributed by atoms with van der Waals surface area (Å²) in [4.78, 5) is 44.1. The van der Waals surface area contributed by atoms with Crippen LogP contribution < -0.4 is 26.5 Å². The van der Waals surface area contributed by atoms with Crippen molar-refractivity contribution < 1.29 is 28.9 Å². The lowest BCUT2D eigenvalue weighted by Crippen LogP contribution is -2.71. The fourth-order valence-electron chi connectivity index (χ4n) is 4.28. The molecule has 15 heteroatoms. The SMILES string of the molecule is CO/N=C(/C(=O)NC1C(=O)N2C(C(=O)[O-])=C(C[n+]3cccc(-c4cc(N)n[nH]4)c3)CSC12)c1csc(N)c1. The first kappa shape index (κ1) is 25.3. The molecule has 3 aromatic heterocycles. The normalized spacial score (nSPS) is 19.1. The van der Waals surface area contributed by atoms with E-state index in [1.165, 1.54) is 35.1 Å². The monoisotopic (exact) mass is 554 g/mol. The number of fused-ring (bicyclic) bond motifs is 1. The van der Waals surface area contributed by atoms with Crippen LogP contribution in [0.15, 0.2) is 58.5 Å². The molecule has 1 fully saturated rings. The van der Waals surface area contributed by atoms with E-state index in [0.29, 0.717) is 33.4 Å². The van der Waals surface area contributed by atoms with Crippen molar-refractivity contribution in [1.82, 2.24) is 20.4 Å². The highest BCUT2D eigenvalue weighted by atomic mass is 32.2. The van der Waals surface area contributed by atoms with Gasteiger partial charge in [0, 0.05) is 34.4 Å². The van der Waals surface area contributed by atoms with Crippen molar-refractivity contribution in [3.05, 3.63) is 58.9 Å². The largest absolute Gasteiger partial charge is 0.543 e. The molecule has 1 saturated heterocycles. The molecule has 2 aliphatic heterocycles. The van der Waals surface area contributed by atoms with Crippen molar-refractivity contribution >= 4 is 57.4 Å². The number of thiophene rings is 1. The lowest BCUT2D eigenvalue weighted by molar-refractivity contribution is -0.688. The first-order valence-electron chi connectivity index (χ1n) is 11.2. The second kappa shape index (κ2) is 10.2. The zero-order valence-corrected chi connectivity index (χ0v) is 21.5. The second-order valence-electron chi connectivity index (χ2n) is 8.43. The molecule has 196 valence electrons. The highest BCUT2D eigenvalue weighted by Gasteiger charge is 2.53. The van der Waals surface area contributed by atoms with Crippen LogP contribution in [0.25, 0.3) is 11.3 Å². The van der Waals surface area contributed by atoms with Gasteiger partial charge in [0.15, 0.2) is 24.7 Å². The number of rotatable bonds is 8. The van der Waals surface area contributed by atoms with Gasteiger partial charge < -0.3 is 31.5 Å². The van der Waals surface area contributed by atoms with Gasteiger partial charge in [-0.25, -0.2) is 4.57 Å². The number of thioether (sulfide) groups is 1. The third-order valence-electron chi connectivity index (χ3n) is 5.96. The number of H-pyrrole nitrogens is 1. The highest BCUT2D eigenvalue weighted by Crippen LogP contribution is 2.40. The van der Waals surface area contributed by atoms with Crippen LogP contribution >= 0.6 is 23.1 Å². The number of aromatic amines is 1. The number of nitrogens with zero attached hydrogens (tertiary/aromatic N) is 4. The number of amides is 2. The molecule has 0 spiro atoms. The van der Waals surface area contributed by atoms with E-state index in [1.807, 2.05) is 18.3 Å². The van der Waals surface area contributed by atoms with E-state index in [1.54, 1.807) is 28.3 Å². The number of hydrogen-bond acceptors (Lipinski definition) is 11.